The van der Waals surface area contributed by atoms with E-state index < -0.39 is 11.6 Å². The highest BCUT2D eigenvalue weighted by atomic mass is 16.6. The Bertz CT molecular complexity index is 961. The maximum atomic E-state index is 12.4. The number of piperazine rings is 1. The topological polar surface area (TPSA) is 130 Å². The number of primary amides is 1. The molecule has 0 radical (unpaired) electrons. The van der Waals surface area contributed by atoms with Crippen LogP contribution < -0.4 is 21.3 Å². The lowest BCUT2D eigenvalue weighted by Gasteiger charge is -2.36. The SMILES string of the molecule is CC(C)(C)OC(=O)N1CCN(c2ccc(NC(=O)c3ccc(NC(N)=O)cc3)nc2)CC1. The van der Waals surface area contributed by atoms with Crippen LogP contribution in [0.25, 0.3) is 0 Å². The number of benzene rings is 1. The Morgan fingerprint density at radius 3 is 2.16 bits per heavy atom. The standard InChI is InChI=1S/C22H28N6O4/c1-22(2,3)32-21(31)28-12-10-27(11-13-28)17-8-9-18(24-14-17)26-19(29)15-4-6-16(7-5-15)25-20(23)30/h4-9,14H,10-13H2,1-3H3,(H3,23,25,30)(H,24,26,29). The molecule has 1 aliphatic heterocycles. The number of urea groups is 1. The van der Waals surface area contributed by atoms with E-state index in [0.717, 1.165) is 5.69 Å². The Morgan fingerprint density at radius 2 is 1.62 bits per heavy atom. The van der Waals surface area contributed by atoms with Gasteiger partial charge in [0, 0.05) is 37.4 Å². The number of nitrogens with one attached hydrogen (secondary N) is 2. The van der Waals surface area contributed by atoms with Gasteiger partial charge in [-0.15, -0.1) is 0 Å². The first kappa shape index (κ1) is 22.9. The number of pyridine rings is 1. The monoisotopic (exact) mass is 440 g/mol. The quantitative estimate of drug-likeness (QED) is 0.670. The van der Waals surface area contributed by atoms with Crippen molar-refractivity contribution in [1.29, 1.82) is 0 Å². The molecule has 0 saturated carbocycles. The number of amides is 4. The number of carbonyl (C=O) groups is 3. The van der Waals surface area contributed by atoms with Crippen molar-refractivity contribution < 1.29 is 19.1 Å². The number of anilines is 3. The zero-order chi connectivity index (χ0) is 23.3. The van der Waals surface area contributed by atoms with Crippen molar-refractivity contribution in [2.75, 3.05) is 41.7 Å². The van der Waals surface area contributed by atoms with Crippen LogP contribution in [0.3, 0.4) is 0 Å². The maximum Gasteiger partial charge on any atom is 0.410 e. The highest BCUT2D eigenvalue weighted by Crippen LogP contribution is 2.19. The van der Waals surface area contributed by atoms with Crippen LogP contribution in [0.2, 0.25) is 0 Å². The summed E-state index contributed by atoms with van der Waals surface area (Å²) in [5.41, 5.74) is 6.39. The van der Waals surface area contributed by atoms with Crippen LogP contribution in [0.5, 0.6) is 0 Å². The van der Waals surface area contributed by atoms with E-state index in [4.69, 9.17) is 10.5 Å². The fourth-order valence-electron chi connectivity index (χ4n) is 3.16. The van der Waals surface area contributed by atoms with Gasteiger partial charge in [-0.2, -0.15) is 0 Å². The number of aromatic nitrogens is 1. The smallest absolute Gasteiger partial charge is 0.410 e. The van der Waals surface area contributed by atoms with Gasteiger partial charge < -0.3 is 30.9 Å². The normalized spacial score (nSPS) is 14.0. The number of hydrogen-bond donors (Lipinski definition) is 3. The fourth-order valence-corrected chi connectivity index (χ4v) is 3.16. The third-order valence-corrected chi connectivity index (χ3v) is 4.70. The van der Waals surface area contributed by atoms with Crippen LogP contribution in [0, 0.1) is 0 Å². The second kappa shape index (κ2) is 9.54. The Balaban J connectivity index is 1.52. The molecule has 0 unspecified atom stereocenters. The Morgan fingerprint density at radius 1 is 0.969 bits per heavy atom. The zero-order valence-corrected chi connectivity index (χ0v) is 18.4. The fraction of sp³-hybridized carbons (Fsp3) is 0.364. The summed E-state index contributed by atoms with van der Waals surface area (Å²) in [6.45, 7) is 8.01. The molecule has 4 amide bonds. The highest BCUT2D eigenvalue weighted by Gasteiger charge is 2.26. The summed E-state index contributed by atoms with van der Waals surface area (Å²) >= 11 is 0. The molecule has 0 atom stereocenters. The Kier molecular flexibility index (Phi) is 6.82. The molecule has 2 aromatic rings. The molecular formula is C22H28N6O4. The van der Waals surface area contributed by atoms with E-state index in [1.807, 2.05) is 26.8 Å². The van der Waals surface area contributed by atoms with Crippen LogP contribution in [-0.4, -0.2) is 59.7 Å². The Labute approximate surface area is 186 Å². The third kappa shape index (κ3) is 6.34. The lowest BCUT2D eigenvalue weighted by molar-refractivity contribution is 0.0240. The summed E-state index contributed by atoms with van der Waals surface area (Å²) in [4.78, 5) is 43.6. The molecule has 170 valence electrons. The molecule has 0 bridgehead atoms. The number of nitrogens with two attached hydrogens (primary N) is 1. The summed E-state index contributed by atoms with van der Waals surface area (Å²) in [5.74, 6) is 0.104. The lowest BCUT2D eigenvalue weighted by atomic mass is 10.2. The molecule has 1 aromatic heterocycles. The second-order valence-electron chi connectivity index (χ2n) is 8.38. The van der Waals surface area contributed by atoms with Gasteiger partial charge in [0.05, 0.1) is 11.9 Å². The molecule has 0 spiro atoms. The van der Waals surface area contributed by atoms with Gasteiger partial charge in [-0.05, 0) is 57.2 Å². The largest absolute Gasteiger partial charge is 0.444 e. The first-order chi connectivity index (χ1) is 15.1. The van der Waals surface area contributed by atoms with Crippen LogP contribution in [0.15, 0.2) is 42.6 Å². The van der Waals surface area contributed by atoms with Gasteiger partial charge in [0.25, 0.3) is 5.91 Å². The van der Waals surface area contributed by atoms with E-state index in [0.29, 0.717) is 43.2 Å². The first-order valence-electron chi connectivity index (χ1n) is 10.3. The first-order valence-corrected chi connectivity index (χ1v) is 10.3. The molecular weight excluding hydrogens is 412 g/mol. The minimum atomic E-state index is -0.669. The lowest BCUT2D eigenvalue weighted by Crippen LogP contribution is -2.50. The van der Waals surface area contributed by atoms with Crippen molar-refractivity contribution in [1.82, 2.24) is 9.88 Å². The van der Waals surface area contributed by atoms with Crippen LogP contribution >= 0.6 is 0 Å². The van der Waals surface area contributed by atoms with E-state index in [-0.39, 0.29) is 12.0 Å². The molecule has 1 saturated heterocycles. The van der Waals surface area contributed by atoms with Crippen molar-refractivity contribution in [2.24, 2.45) is 5.73 Å². The molecule has 2 heterocycles. The van der Waals surface area contributed by atoms with Gasteiger partial charge in [-0.1, -0.05) is 0 Å². The summed E-state index contributed by atoms with van der Waals surface area (Å²) < 4.78 is 5.42. The van der Waals surface area contributed by atoms with Gasteiger partial charge in [0.1, 0.15) is 11.4 Å². The molecule has 32 heavy (non-hydrogen) atoms. The number of nitrogens with zero attached hydrogens (tertiary/aromatic N) is 3. The predicted molar refractivity (Wildman–Crippen MR) is 122 cm³/mol. The molecule has 1 aromatic carbocycles. The average Bonchev–Trinajstić information content (AvgIpc) is 2.73. The van der Waals surface area contributed by atoms with E-state index in [9.17, 15) is 14.4 Å². The van der Waals surface area contributed by atoms with Crippen molar-refractivity contribution in [3.8, 4) is 0 Å². The summed E-state index contributed by atoms with van der Waals surface area (Å²) in [6, 6.07) is 9.29. The number of carbonyl (C=O) groups excluding carboxylic acids is 3. The van der Waals surface area contributed by atoms with E-state index in [1.165, 1.54) is 0 Å². The van der Waals surface area contributed by atoms with Crippen molar-refractivity contribution in [3.63, 3.8) is 0 Å². The molecule has 4 N–H and O–H groups in total. The van der Waals surface area contributed by atoms with Crippen LogP contribution in [0.4, 0.5) is 26.8 Å². The van der Waals surface area contributed by atoms with Gasteiger partial charge in [-0.25, -0.2) is 14.6 Å². The Hall–Kier alpha value is -3.82. The van der Waals surface area contributed by atoms with Crippen molar-refractivity contribution in [2.45, 2.75) is 26.4 Å². The maximum absolute atomic E-state index is 12.4. The summed E-state index contributed by atoms with van der Waals surface area (Å²) in [7, 11) is 0. The number of hydrogen-bond acceptors (Lipinski definition) is 6. The number of rotatable bonds is 4. The zero-order valence-electron chi connectivity index (χ0n) is 18.4. The van der Waals surface area contributed by atoms with E-state index in [1.54, 1.807) is 41.4 Å². The molecule has 10 nitrogen and oxygen atoms in total. The van der Waals surface area contributed by atoms with Gasteiger partial charge in [0.2, 0.25) is 0 Å². The van der Waals surface area contributed by atoms with Gasteiger partial charge >= 0.3 is 12.1 Å². The number of ether oxygens (including phenoxy) is 1. The van der Waals surface area contributed by atoms with E-state index >= 15 is 0 Å². The van der Waals surface area contributed by atoms with Crippen molar-refractivity contribution >= 4 is 35.2 Å². The molecule has 3 rings (SSSR count). The molecule has 0 aliphatic carbocycles. The minimum absolute atomic E-state index is 0.299. The summed E-state index contributed by atoms with van der Waals surface area (Å²) in [5, 5.41) is 5.18. The van der Waals surface area contributed by atoms with Crippen LogP contribution in [0.1, 0.15) is 31.1 Å². The molecule has 10 heteroatoms. The average molecular weight is 441 g/mol. The van der Waals surface area contributed by atoms with Crippen molar-refractivity contribution in [3.05, 3.63) is 48.2 Å². The molecule has 1 aliphatic rings. The van der Waals surface area contributed by atoms with E-state index in [2.05, 4.69) is 20.5 Å². The minimum Gasteiger partial charge on any atom is -0.444 e. The van der Waals surface area contributed by atoms with Crippen LogP contribution in [-0.2, 0) is 4.74 Å². The predicted octanol–water partition coefficient (Wildman–Crippen LogP) is 2.88. The summed E-state index contributed by atoms with van der Waals surface area (Å²) in [6.07, 6.45) is 1.39. The highest BCUT2D eigenvalue weighted by molar-refractivity contribution is 6.04. The van der Waals surface area contributed by atoms with Gasteiger partial charge in [-0.3, -0.25) is 4.79 Å². The second-order valence-corrected chi connectivity index (χ2v) is 8.38. The third-order valence-electron chi connectivity index (χ3n) is 4.70. The molecule has 1 fully saturated rings. The van der Waals surface area contributed by atoms with Gasteiger partial charge in [0.15, 0.2) is 0 Å².